The second-order valence-corrected chi connectivity index (χ2v) is 6.41. The third kappa shape index (κ3) is 4.48. The standard InChI is InChI=1S/C11H12Cl2O4S/c1-7(2)11(14)17-18(15,16)6-8-5-9(12)3-4-10(8)13/h3-5,7H,6H2,1-2H3. The van der Waals surface area contributed by atoms with E-state index in [1.165, 1.54) is 12.1 Å². The number of carbonyl (C=O) groups excluding carboxylic acids is 1. The molecule has 100 valence electrons. The highest BCUT2D eigenvalue weighted by Gasteiger charge is 2.21. The lowest BCUT2D eigenvalue weighted by Gasteiger charge is -2.08. The zero-order valence-corrected chi connectivity index (χ0v) is 12.1. The summed E-state index contributed by atoms with van der Waals surface area (Å²) in [7, 11) is -4.01. The Kier molecular flexibility index (Phi) is 5.01. The SMILES string of the molecule is CC(C)C(=O)OS(=O)(=O)Cc1cc(Cl)ccc1Cl. The molecule has 0 saturated heterocycles. The molecule has 0 aliphatic rings. The normalized spacial score (nSPS) is 11.6. The van der Waals surface area contributed by atoms with Gasteiger partial charge in [0.1, 0.15) is 5.75 Å². The molecule has 0 fully saturated rings. The lowest BCUT2D eigenvalue weighted by atomic mass is 10.2. The fourth-order valence-corrected chi connectivity index (χ4v) is 2.67. The molecular formula is C11H12Cl2O4S. The Hall–Kier alpha value is -0.780. The summed E-state index contributed by atoms with van der Waals surface area (Å²) in [5.74, 6) is -1.81. The maximum absolute atomic E-state index is 11.6. The predicted molar refractivity (Wildman–Crippen MR) is 70.0 cm³/mol. The van der Waals surface area contributed by atoms with Crippen LogP contribution in [0.25, 0.3) is 0 Å². The second kappa shape index (κ2) is 5.91. The number of carbonyl (C=O) groups is 1. The summed E-state index contributed by atoms with van der Waals surface area (Å²) >= 11 is 11.6. The smallest absolute Gasteiger partial charge is 0.324 e. The fourth-order valence-electron chi connectivity index (χ4n) is 1.10. The molecule has 0 saturated carbocycles. The Morgan fingerprint density at radius 2 is 1.94 bits per heavy atom. The number of hydrogen-bond acceptors (Lipinski definition) is 4. The molecule has 4 nitrogen and oxygen atoms in total. The highest BCUT2D eigenvalue weighted by atomic mass is 35.5. The van der Waals surface area contributed by atoms with Crippen LogP contribution in [0.15, 0.2) is 18.2 Å². The maximum Gasteiger partial charge on any atom is 0.324 e. The van der Waals surface area contributed by atoms with Crippen LogP contribution in [0.1, 0.15) is 19.4 Å². The van der Waals surface area contributed by atoms with Crippen molar-refractivity contribution in [3.63, 3.8) is 0 Å². The van der Waals surface area contributed by atoms with Gasteiger partial charge in [0.25, 0.3) is 0 Å². The largest absolute Gasteiger partial charge is 0.345 e. The highest BCUT2D eigenvalue weighted by molar-refractivity contribution is 7.86. The second-order valence-electron chi connectivity index (χ2n) is 3.99. The molecule has 0 radical (unpaired) electrons. The van der Waals surface area contributed by atoms with Gasteiger partial charge in [-0.1, -0.05) is 37.0 Å². The fraction of sp³-hybridized carbons (Fsp3) is 0.364. The van der Waals surface area contributed by atoms with Gasteiger partial charge in [-0.25, -0.2) is 0 Å². The van der Waals surface area contributed by atoms with Crippen LogP contribution in [0.4, 0.5) is 0 Å². The Balaban J connectivity index is 2.89. The van der Waals surface area contributed by atoms with Crippen LogP contribution >= 0.6 is 23.2 Å². The van der Waals surface area contributed by atoms with Gasteiger partial charge in [0.2, 0.25) is 0 Å². The summed E-state index contributed by atoms with van der Waals surface area (Å²) in [4.78, 5) is 11.2. The monoisotopic (exact) mass is 310 g/mol. The molecule has 0 bridgehead atoms. The quantitative estimate of drug-likeness (QED) is 0.802. The van der Waals surface area contributed by atoms with Gasteiger partial charge < -0.3 is 4.18 Å². The Morgan fingerprint density at radius 1 is 1.33 bits per heavy atom. The van der Waals surface area contributed by atoms with Gasteiger partial charge in [0.15, 0.2) is 0 Å². The average Bonchev–Trinajstić information content (AvgIpc) is 2.22. The lowest BCUT2D eigenvalue weighted by molar-refractivity contribution is -0.137. The van der Waals surface area contributed by atoms with Crippen LogP contribution in [-0.2, 0) is 24.8 Å². The van der Waals surface area contributed by atoms with E-state index in [1.54, 1.807) is 19.9 Å². The van der Waals surface area contributed by atoms with Gasteiger partial charge in [-0.15, -0.1) is 0 Å². The number of benzene rings is 1. The molecule has 0 aliphatic heterocycles. The molecule has 1 aromatic carbocycles. The first kappa shape index (κ1) is 15.3. The minimum Gasteiger partial charge on any atom is -0.345 e. The van der Waals surface area contributed by atoms with E-state index >= 15 is 0 Å². The summed E-state index contributed by atoms with van der Waals surface area (Å²) < 4.78 is 27.7. The van der Waals surface area contributed by atoms with Crippen LogP contribution < -0.4 is 0 Å². The molecule has 7 heteroatoms. The van der Waals surface area contributed by atoms with Gasteiger partial charge in [0.05, 0.1) is 5.92 Å². The van der Waals surface area contributed by atoms with E-state index in [2.05, 4.69) is 4.18 Å². The van der Waals surface area contributed by atoms with E-state index in [1.807, 2.05) is 0 Å². The van der Waals surface area contributed by atoms with Crippen molar-refractivity contribution in [1.82, 2.24) is 0 Å². The molecule has 0 unspecified atom stereocenters. The molecule has 0 aromatic heterocycles. The Bertz CT molecular complexity index is 552. The van der Waals surface area contributed by atoms with Crippen molar-refractivity contribution in [3.8, 4) is 0 Å². The predicted octanol–water partition coefficient (Wildman–Crippen LogP) is 3.02. The van der Waals surface area contributed by atoms with E-state index in [4.69, 9.17) is 23.2 Å². The molecule has 1 rings (SSSR count). The van der Waals surface area contributed by atoms with Crippen molar-refractivity contribution >= 4 is 39.3 Å². The van der Waals surface area contributed by atoms with Crippen molar-refractivity contribution in [1.29, 1.82) is 0 Å². The van der Waals surface area contributed by atoms with E-state index in [0.29, 0.717) is 10.6 Å². The highest BCUT2D eigenvalue weighted by Crippen LogP contribution is 2.23. The molecule has 0 atom stereocenters. The summed E-state index contributed by atoms with van der Waals surface area (Å²) in [6.45, 7) is 3.09. The summed E-state index contributed by atoms with van der Waals surface area (Å²) in [6, 6.07) is 4.45. The van der Waals surface area contributed by atoms with Gasteiger partial charge in [-0.05, 0) is 23.8 Å². The molecule has 1 aromatic rings. The third-order valence-corrected chi connectivity index (χ3v) is 3.71. The third-order valence-electron chi connectivity index (χ3n) is 2.02. The summed E-state index contributed by atoms with van der Waals surface area (Å²) in [5, 5.41) is 0.614. The molecule has 0 N–H and O–H groups in total. The molecule has 0 spiro atoms. The Labute approximate surface area is 116 Å². The lowest BCUT2D eigenvalue weighted by Crippen LogP contribution is -2.19. The Morgan fingerprint density at radius 3 is 2.50 bits per heavy atom. The molecular weight excluding hydrogens is 299 g/mol. The first-order valence-corrected chi connectivity index (χ1v) is 7.44. The molecule has 0 amide bonds. The van der Waals surface area contributed by atoms with Crippen molar-refractivity contribution in [2.24, 2.45) is 5.92 Å². The van der Waals surface area contributed by atoms with Crippen LogP contribution in [0, 0.1) is 5.92 Å². The van der Waals surface area contributed by atoms with Crippen molar-refractivity contribution in [2.45, 2.75) is 19.6 Å². The van der Waals surface area contributed by atoms with Gasteiger partial charge in [0, 0.05) is 10.0 Å². The maximum atomic E-state index is 11.6. The zero-order valence-electron chi connectivity index (χ0n) is 9.81. The van der Waals surface area contributed by atoms with Crippen molar-refractivity contribution in [2.75, 3.05) is 0 Å². The average molecular weight is 311 g/mol. The number of rotatable bonds is 4. The number of halogens is 2. The van der Waals surface area contributed by atoms with Crippen molar-refractivity contribution in [3.05, 3.63) is 33.8 Å². The van der Waals surface area contributed by atoms with Crippen LogP contribution in [-0.4, -0.2) is 14.4 Å². The van der Waals surface area contributed by atoms with Crippen molar-refractivity contribution < 1.29 is 17.4 Å². The number of hydrogen-bond donors (Lipinski definition) is 0. The van der Waals surface area contributed by atoms with E-state index in [9.17, 15) is 13.2 Å². The van der Waals surface area contributed by atoms with Gasteiger partial charge in [-0.2, -0.15) is 8.42 Å². The molecule has 0 heterocycles. The van der Waals surface area contributed by atoms with Crippen LogP contribution in [0.5, 0.6) is 0 Å². The first-order chi connectivity index (χ1) is 8.21. The summed E-state index contributed by atoms with van der Waals surface area (Å²) in [5.41, 5.74) is 0.292. The van der Waals surface area contributed by atoms with E-state index in [0.717, 1.165) is 0 Å². The zero-order chi connectivity index (χ0) is 13.9. The summed E-state index contributed by atoms with van der Waals surface area (Å²) in [6.07, 6.45) is 0. The van der Waals surface area contributed by atoms with E-state index < -0.39 is 27.8 Å². The molecule has 0 aliphatic carbocycles. The minimum absolute atomic E-state index is 0.253. The van der Waals surface area contributed by atoms with E-state index in [-0.39, 0.29) is 5.02 Å². The minimum atomic E-state index is -4.01. The first-order valence-electron chi connectivity index (χ1n) is 5.11. The molecule has 18 heavy (non-hydrogen) atoms. The van der Waals surface area contributed by atoms with Gasteiger partial charge in [-0.3, -0.25) is 4.79 Å². The van der Waals surface area contributed by atoms with Crippen LogP contribution in [0.2, 0.25) is 10.0 Å². The topological polar surface area (TPSA) is 60.4 Å². The van der Waals surface area contributed by atoms with Crippen LogP contribution in [0.3, 0.4) is 0 Å². The van der Waals surface area contributed by atoms with Gasteiger partial charge >= 0.3 is 16.1 Å².